The molecular formula is C15H19N3OS. The van der Waals surface area contributed by atoms with E-state index in [4.69, 9.17) is 9.51 Å². The maximum absolute atomic E-state index is 5.59. The van der Waals surface area contributed by atoms with Crippen molar-refractivity contribution < 1.29 is 4.52 Å². The summed E-state index contributed by atoms with van der Waals surface area (Å²) in [5, 5.41) is 9.89. The maximum atomic E-state index is 5.59. The van der Waals surface area contributed by atoms with Crippen LogP contribution in [0.15, 0.2) is 16.0 Å². The van der Waals surface area contributed by atoms with Crippen LogP contribution in [0.2, 0.25) is 0 Å². The monoisotopic (exact) mass is 289 g/mol. The zero-order valence-electron chi connectivity index (χ0n) is 11.5. The van der Waals surface area contributed by atoms with E-state index in [1.165, 1.54) is 36.1 Å². The summed E-state index contributed by atoms with van der Waals surface area (Å²) in [6.07, 6.45) is 7.17. The van der Waals surface area contributed by atoms with Gasteiger partial charge in [0.2, 0.25) is 5.89 Å². The summed E-state index contributed by atoms with van der Waals surface area (Å²) in [7, 11) is 0. The molecule has 2 aromatic rings. The fourth-order valence-electron chi connectivity index (χ4n) is 3.35. The van der Waals surface area contributed by atoms with Gasteiger partial charge in [-0.1, -0.05) is 11.6 Å². The molecule has 0 spiro atoms. The fourth-order valence-corrected chi connectivity index (χ4v) is 4.33. The molecular weight excluding hydrogens is 270 g/mol. The van der Waals surface area contributed by atoms with Crippen molar-refractivity contribution in [2.24, 2.45) is 0 Å². The van der Waals surface area contributed by atoms with E-state index in [1.807, 2.05) is 11.3 Å². The molecule has 1 fully saturated rings. The van der Waals surface area contributed by atoms with Crippen LogP contribution in [0.25, 0.3) is 0 Å². The first-order valence-corrected chi connectivity index (χ1v) is 8.43. The third-order valence-electron chi connectivity index (χ3n) is 4.43. The standard InChI is InChI=1S/C15H19N3OS/c1-2-8-16-12(5-1)14-17-15(19-18-14)11-4-3-6-13-10(11)7-9-20-13/h7,9,11-12,16H,1-6,8H2. The highest BCUT2D eigenvalue weighted by Crippen LogP contribution is 2.38. The van der Waals surface area contributed by atoms with Gasteiger partial charge in [-0.05, 0) is 55.7 Å². The Hall–Kier alpha value is -1.20. The van der Waals surface area contributed by atoms with Gasteiger partial charge in [-0.2, -0.15) is 4.98 Å². The van der Waals surface area contributed by atoms with Crippen LogP contribution < -0.4 is 5.32 Å². The number of aromatic nitrogens is 2. The van der Waals surface area contributed by atoms with Crippen LogP contribution in [-0.2, 0) is 6.42 Å². The molecule has 0 aromatic carbocycles. The molecule has 3 heterocycles. The van der Waals surface area contributed by atoms with E-state index in [-0.39, 0.29) is 6.04 Å². The Balaban J connectivity index is 1.60. The minimum atomic E-state index is 0.284. The Bertz CT molecular complexity index is 585. The first kappa shape index (κ1) is 12.5. The van der Waals surface area contributed by atoms with Crippen LogP contribution in [-0.4, -0.2) is 16.7 Å². The van der Waals surface area contributed by atoms with Crippen molar-refractivity contribution in [1.82, 2.24) is 15.5 Å². The number of aryl methyl sites for hydroxylation is 1. The molecule has 20 heavy (non-hydrogen) atoms. The van der Waals surface area contributed by atoms with Gasteiger partial charge in [0.15, 0.2) is 5.82 Å². The molecule has 0 bridgehead atoms. The molecule has 0 amide bonds. The van der Waals surface area contributed by atoms with E-state index < -0.39 is 0 Å². The van der Waals surface area contributed by atoms with Gasteiger partial charge in [-0.3, -0.25) is 0 Å². The summed E-state index contributed by atoms with van der Waals surface area (Å²) < 4.78 is 5.59. The minimum Gasteiger partial charge on any atom is -0.339 e. The molecule has 4 rings (SSSR count). The van der Waals surface area contributed by atoms with Crippen LogP contribution in [0.3, 0.4) is 0 Å². The average molecular weight is 289 g/mol. The fraction of sp³-hybridized carbons (Fsp3) is 0.600. The number of nitrogens with one attached hydrogen (secondary N) is 1. The molecule has 2 aromatic heterocycles. The van der Waals surface area contributed by atoms with Gasteiger partial charge in [0.25, 0.3) is 0 Å². The molecule has 1 aliphatic carbocycles. The Labute approximate surface area is 122 Å². The zero-order chi connectivity index (χ0) is 13.4. The quantitative estimate of drug-likeness (QED) is 0.920. The lowest BCUT2D eigenvalue weighted by atomic mass is 9.88. The molecule has 1 N–H and O–H groups in total. The van der Waals surface area contributed by atoms with Crippen molar-refractivity contribution in [3.63, 3.8) is 0 Å². The molecule has 2 atom stereocenters. The highest BCUT2D eigenvalue weighted by atomic mass is 32.1. The molecule has 2 unspecified atom stereocenters. The van der Waals surface area contributed by atoms with Gasteiger partial charge < -0.3 is 9.84 Å². The van der Waals surface area contributed by atoms with Crippen molar-refractivity contribution in [1.29, 1.82) is 0 Å². The second-order valence-electron chi connectivity index (χ2n) is 5.74. The lowest BCUT2D eigenvalue weighted by Crippen LogP contribution is -2.27. The lowest BCUT2D eigenvalue weighted by Gasteiger charge is -2.20. The molecule has 0 saturated carbocycles. The molecule has 0 radical (unpaired) electrons. The smallest absolute Gasteiger partial charge is 0.234 e. The normalized spacial score (nSPS) is 26.4. The Kier molecular flexibility index (Phi) is 3.32. The molecule has 4 nitrogen and oxygen atoms in total. The van der Waals surface area contributed by atoms with Gasteiger partial charge in [0.05, 0.1) is 12.0 Å². The van der Waals surface area contributed by atoms with Crippen LogP contribution >= 0.6 is 11.3 Å². The number of nitrogens with zero attached hydrogens (tertiary/aromatic N) is 2. The summed E-state index contributed by atoms with van der Waals surface area (Å²) in [6, 6.07) is 2.51. The predicted molar refractivity (Wildman–Crippen MR) is 78.0 cm³/mol. The van der Waals surface area contributed by atoms with E-state index in [0.29, 0.717) is 5.92 Å². The van der Waals surface area contributed by atoms with Gasteiger partial charge >= 0.3 is 0 Å². The topological polar surface area (TPSA) is 51.0 Å². The van der Waals surface area contributed by atoms with Crippen molar-refractivity contribution in [2.75, 3.05) is 6.54 Å². The lowest BCUT2D eigenvalue weighted by molar-refractivity contribution is 0.336. The highest BCUT2D eigenvalue weighted by Gasteiger charge is 2.29. The van der Waals surface area contributed by atoms with Crippen LogP contribution in [0, 0.1) is 0 Å². The predicted octanol–water partition coefficient (Wildman–Crippen LogP) is 3.41. The van der Waals surface area contributed by atoms with Crippen molar-refractivity contribution in [2.45, 2.75) is 50.5 Å². The summed E-state index contributed by atoms with van der Waals surface area (Å²) in [6.45, 7) is 1.06. The number of rotatable bonds is 2. The molecule has 106 valence electrons. The first-order chi connectivity index (χ1) is 9.92. The number of thiophene rings is 1. The van der Waals surface area contributed by atoms with Crippen LogP contribution in [0.4, 0.5) is 0 Å². The first-order valence-electron chi connectivity index (χ1n) is 7.55. The second-order valence-corrected chi connectivity index (χ2v) is 6.74. The average Bonchev–Trinajstić information content (AvgIpc) is 3.17. The van der Waals surface area contributed by atoms with E-state index >= 15 is 0 Å². The number of hydrogen-bond donors (Lipinski definition) is 1. The summed E-state index contributed by atoms with van der Waals surface area (Å²) in [5.74, 6) is 1.98. The van der Waals surface area contributed by atoms with E-state index in [1.54, 1.807) is 0 Å². The Morgan fingerprint density at radius 2 is 2.25 bits per heavy atom. The SMILES string of the molecule is c1cc2c(s1)CCCC2c1nc(C2CCCCN2)no1. The van der Waals surface area contributed by atoms with Crippen molar-refractivity contribution in [3.05, 3.63) is 33.6 Å². The van der Waals surface area contributed by atoms with E-state index in [9.17, 15) is 0 Å². The Morgan fingerprint density at radius 1 is 1.25 bits per heavy atom. The van der Waals surface area contributed by atoms with Crippen molar-refractivity contribution in [3.8, 4) is 0 Å². The number of hydrogen-bond acceptors (Lipinski definition) is 5. The summed E-state index contributed by atoms with van der Waals surface area (Å²) >= 11 is 1.86. The van der Waals surface area contributed by atoms with Crippen molar-refractivity contribution >= 4 is 11.3 Å². The summed E-state index contributed by atoms with van der Waals surface area (Å²) in [4.78, 5) is 6.20. The largest absolute Gasteiger partial charge is 0.339 e. The highest BCUT2D eigenvalue weighted by molar-refractivity contribution is 7.10. The zero-order valence-corrected chi connectivity index (χ0v) is 12.3. The molecule has 5 heteroatoms. The number of fused-ring (bicyclic) bond motifs is 1. The Morgan fingerprint density at radius 3 is 3.15 bits per heavy atom. The minimum absolute atomic E-state index is 0.284. The van der Waals surface area contributed by atoms with Crippen LogP contribution in [0.1, 0.15) is 66.2 Å². The van der Waals surface area contributed by atoms with E-state index in [0.717, 1.165) is 31.1 Å². The van der Waals surface area contributed by atoms with Gasteiger partial charge in [-0.15, -0.1) is 11.3 Å². The molecule has 1 aliphatic heterocycles. The van der Waals surface area contributed by atoms with Crippen LogP contribution in [0.5, 0.6) is 0 Å². The summed E-state index contributed by atoms with van der Waals surface area (Å²) in [5.41, 5.74) is 1.41. The molecule has 2 aliphatic rings. The van der Waals surface area contributed by atoms with Gasteiger partial charge in [0, 0.05) is 4.88 Å². The molecule has 1 saturated heterocycles. The third-order valence-corrected chi connectivity index (χ3v) is 5.43. The van der Waals surface area contributed by atoms with Gasteiger partial charge in [-0.25, -0.2) is 0 Å². The van der Waals surface area contributed by atoms with E-state index in [2.05, 4.69) is 21.9 Å². The van der Waals surface area contributed by atoms with Gasteiger partial charge in [0.1, 0.15) is 0 Å². The maximum Gasteiger partial charge on any atom is 0.234 e. The second kappa shape index (κ2) is 5.30. The number of piperidine rings is 1. The third kappa shape index (κ3) is 2.19.